The third-order valence-corrected chi connectivity index (χ3v) is 5.00. The number of carboxylic acids is 1. The van der Waals surface area contributed by atoms with Crippen molar-refractivity contribution in [2.24, 2.45) is 5.92 Å². The molecule has 1 aliphatic rings. The molecule has 1 aromatic heterocycles. The number of hydrogen-bond acceptors (Lipinski definition) is 3. The summed E-state index contributed by atoms with van der Waals surface area (Å²) in [6, 6.07) is 6.28. The van der Waals surface area contributed by atoms with Gasteiger partial charge in [-0.1, -0.05) is 19.1 Å². The van der Waals surface area contributed by atoms with Crippen molar-refractivity contribution in [3.05, 3.63) is 30.0 Å². The summed E-state index contributed by atoms with van der Waals surface area (Å²) in [4.78, 5) is 11.1. The lowest BCUT2D eigenvalue weighted by Gasteiger charge is -2.23. The Morgan fingerprint density at radius 1 is 1.46 bits per heavy atom. The molecule has 130 valence electrons. The summed E-state index contributed by atoms with van der Waals surface area (Å²) < 4.78 is 7.86. The fourth-order valence-electron chi connectivity index (χ4n) is 3.54. The van der Waals surface area contributed by atoms with Gasteiger partial charge in [-0.3, -0.25) is 4.79 Å². The maximum absolute atomic E-state index is 11.1. The van der Waals surface area contributed by atoms with E-state index >= 15 is 0 Å². The second-order valence-electron chi connectivity index (χ2n) is 6.60. The average Bonchev–Trinajstić information content (AvgIpc) is 3.04. The predicted octanol–water partition coefficient (Wildman–Crippen LogP) is 4.17. The lowest BCUT2D eigenvalue weighted by atomic mass is 9.96. The molecular formula is C19H26N2O3. The molecule has 0 amide bonds. The molecule has 1 aromatic carbocycles. The van der Waals surface area contributed by atoms with E-state index in [2.05, 4.69) is 23.3 Å². The highest BCUT2D eigenvalue weighted by Gasteiger charge is 2.19. The van der Waals surface area contributed by atoms with Gasteiger partial charge in [0.1, 0.15) is 0 Å². The van der Waals surface area contributed by atoms with Crippen molar-refractivity contribution in [1.29, 1.82) is 0 Å². The van der Waals surface area contributed by atoms with Crippen molar-refractivity contribution in [1.82, 2.24) is 9.78 Å². The number of benzene rings is 1. The number of fused-ring (bicyclic) bond motifs is 1. The first-order chi connectivity index (χ1) is 11.7. The summed E-state index contributed by atoms with van der Waals surface area (Å²) in [5.74, 6) is -0.916. The molecule has 0 spiro atoms. The van der Waals surface area contributed by atoms with Crippen LogP contribution in [0.25, 0.3) is 10.9 Å². The number of rotatable bonds is 7. The van der Waals surface area contributed by atoms with Crippen LogP contribution in [-0.2, 0) is 16.0 Å². The van der Waals surface area contributed by atoms with Gasteiger partial charge >= 0.3 is 5.97 Å². The van der Waals surface area contributed by atoms with E-state index in [1.165, 1.54) is 12.0 Å². The van der Waals surface area contributed by atoms with E-state index in [1.54, 1.807) is 0 Å². The first-order valence-corrected chi connectivity index (χ1v) is 9.00. The normalized spacial score (nSPS) is 19.5. The van der Waals surface area contributed by atoms with E-state index in [0.717, 1.165) is 49.6 Å². The third kappa shape index (κ3) is 3.61. The minimum Gasteiger partial charge on any atom is -0.481 e. The van der Waals surface area contributed by atoms with Gasteiger partial charge in [-0.15, -0.1) is 0 Å². The maximum atomic E-state index is 11.1. The van der Waals surface area contributed by atoms with Crippen LogP contribution >= 0.6 is 0 Å². The lowest BCUT2D eigenvalue weighted by molar-refractivity contribution is -0.142. The molecule has 24 heavy (non-hydrogen) atoms. The van der Waals surface area contributed by atoms with Crippen molar-refractivity contribution in [2.45, 2.75) is 58.1 Å². The third-order valence-electron chi connectivity index (χ3n) is 5.00. The Morgan fingerprint density at radius 2 is 2.33 bits per heavy atom. The number of ether oxygens (including phenoxy) is 1. The number of nitrogens with zero attached hydrogens (tertiary/aromatic N) is 2. The number of hydrogen-bond donors (Lipinski definition) is 1. The van der Waals surface area contributed by atoms with Gasteiger partial charge in [0.2, 0.25) is 0 Å². The van der Waals surface area contributed by atoms with Gasteiger partial charge in [-0.25, -0.2) is 4.68 Å². The maximum Gasteiger partial charge on any atom is 0.306 e. The number of aryl methyl sites for hydroxylation is 1. The van der Waals surface area contributed by atoms with Gasteiger partial charge in [0, 0.05) is 12.0 Å². The second kappa shape index (κ2) is 7.79. The second-order valence-corrected chi connectivity index (χ2v) is 6.60. The lowest BCUT2D eigenvalue weighted by Crippen LogP contribution is -2.18. The molecule has 2 unspecified atom stereocenters. The number of aromatic nitrogens is 2. The largest absolute Gasteiger partial charge is 0.481 e. The molecule has 0 bridgehead atoms. The van der Waals surface area contributed by atoms with Gasteiger partial charge in [-0.2, -0.15) is 5.10 Å². The highest BCUT2D eigenvalue weighted by Crippen LogP contribution is 2.28. The van der Waals surface area contributed by atoms with E-state index < -0.39 is 5.97 Å². The molecule has 0 saturated carbocycles. The molecular weight excluding hydrogens is 304 g/mol. The van der Waals surface area contributed by atoms with Crippen molar-refractivity contribution in [3.63, 3.8) is 0 Å². The van der Waals surface area contributed by atoms with Crippen LogP contribution in [0.15, 0.2) is 24.4 Å². The van der Waals surface area contributed by atoms with Gasteiger partial charge in [0.15, 0.2) is 6.23 Å². The Balaban J connectivity index is 1.72. The number of carbonyl (C=O) groups is 1. The Bertz CT molecular complexity index is 689. The smallest absolute Gasteiger partial charge is 0.306 e. The molecule has 5 nitrogen and oxygen atoms in total. The first-order valence-electron chi connectivity index (χ1n) is 9.00. The van der Waals surface area contributed by atoms with Crippen molar-refractivity contribution >= 4 is 16.9 Å². The quantitative estimate of drug-likeness (QED) is 0.827. The Hall–Kier alpha value is -1.88. The Kier molecular flexibility index (Phi) is 5.51. The van der Waals surface area contributed by atoms with E-state index in [4.69, 9.17) is 9.84 Å². The number of aliphatic carboxylic acids is 1. The van der Waals surface area contributed by atoms with E-state index in [0.29, 0.717) is 6.42 Å². The number of carboxylic acid groups (broad SMARTS) is 1. The van der Waals surface area contributed by atoms with Crippen LogP contribution in [0.5, 0.6) is 0 Å². The highest BCUT2D eigenvalue weighted by molar-refractivity contribution is 5.82. The zero-order chi connectivity index (χ0) is 16.9. The summed E-state index contributed by atoms with van der Waals surface area (Å²) in [6.07, 6.45) is 8.48. The van der Waals surface area contributed by atoms with Crippen LogP contribution in [0.2, 0.25) is 0 Å². The van der Waals surface area contributed by atoms with Crippen LogP contribution < -0.4 is 0 Å². The van der Waals surface area contributed by atoms with E-state index in [-0.39, 0.29) is 12.1 Å². The van der Waals surface area contributed by atoms with Crippen LogP contribution in [0.4, 0.5) is 0 Å². The zero-order valence-electron chi connectivity index (χ0n) is 14.3. The Morgan fingerprint density at radius 3 is 3.04 bits per heavy atom. The molecule has 2 heterocycles. The van der Waals surface area contributed by atoms with Gasteiger partial charge in [-0.05, 0) is 56.6 Å². The van der Waals surface area contributed by atoms with Gasteiger partial charge in [0.25, 0.3) is 0 Å². The minimum atomic E-state index is -0.682. The zero-order valence-corrected chi connectivity index (χ0v) is 14.3. The van der Waals surface area contributed by atoms with Gasteiger partial charge < -0.3 is 9.84 Å². The van der Waals surface area contributed by atoms with E-state index in [1.807, 2.05) is 17.8 Å². The first kappa shape index (κ1) is 17.0. The standard InChI is InChI=1S/C19H26N2O3/c1-2-14(19(22)23)7-5-8-15-9-6-10-17-16(15)13-20-21(17)18-11-3-4-12-24-18/h6,9-10,13-14,18H,2-5,7-8,11-12H2,1H3,(H,22,23). The molecule has 0 radical (unpaired) electrons. The summed E-state index contributed by atoms with van der Waals surface area (Å²) in [5.41, 5.74) is 2.36. The van der Waals surface area contributed by atoms with Crippen LogP contribution in [0, 0.1) is 5.92 Å². The minimum absolute atomic E-state index is 0.0444. The summed E-state index contributed by atoms with van der Waals surface area (Å²) in [7, 11) is 0. The average molecular weight is 330 g/mol. The van der Waals surface area contributed by atoms with Crippen LogP contribution in [0.3, 0.4) is 0 Å². The van der Waals surface area contributed by atoms with Gasteiger partial charge in [0.05, 0.1) is 17.6 Å². The summed E-state index contributed by atoms with van der Waals surface area (Å²) in [5, 5.41) is 14.9. The predicted molar refractivity (Wildman–Crippen MR) is 92.9 cm³/mol. The Labute approximate surface area is 142 Å². The molecule has 1 saturated heterocycles. The van der Waals surface area contributed by atoms with Crippen molar-refractivity contribution in [3.8, 4) is 0 Å². The SMILES string of the molecule is CCC(CCCc1cccc2c1cnn2C1CCCCO1)C(=O)O. The van der Waals surface area contributed by atoms with Crippen LogP contribution in [-0.4, -0.2) is 27.5 Å². The van der Waals surface area contributed by atoms with Crippen LogP contribution in [0.1, 0.15) is 57.2 Å². The summed E-state index contributed by atoms with van der Waals surface area (Å²) in [6.45, 7) is 2.74. The monoisotopic (exact) mass is 330 g/mol. The molecule has 1 fully saturated rings. The molecule has 5 heteroatoms. The molecule has 1 aliphatic heterocycles. The fraction of sp³-hybridized carbons (Fsp3) is 0.579. The molecule has 3 rings (SSSR count). The van der Waals surface area contributed by atoms with Crippen molar-refractivity contribution < 1.29 is 14.6 Å². The molecule has 2 aromatic rings. The molecule has 2 atom stereocenters. The molecule has 1 N–H and O–H groups in total. The fourth-order valence-corrected chi connectivity index (χ4v) is 3.54. The summed E-state index contributed by atoms with van der Waals surface area (Å²) >= 11 is 0. The highest BCUT2D eigenvalue weighted by atomic mass is 16.5. The topological polar surface area (TPSA) is 64.4 Å². The molecule has 0 aliphatic carbocycles. The van der Waals surface area contributed by atoms with Crippen molar-refractivity contribution in [2.75, 3.05) is 6.61 Å². The van der Waals surface area contributed by atoms with E-state index in [9.17, 15) is 4.79 Å².